The van der Waals surface area contributed by atoms with Crippen molar-refractivity contribution >= 4 is 23.2 Å². The van der Waals surface area contributed by atoms with Crippen molar-refractivity contribution in [3.05, 3.63) is 46.0 Å². The number of hydrogen-bond donors (Lipinski definition) is 0. The SMILES string of the molecule is CCCc1nc(Cl)c(-c2ccc(C)cc2)c(Cl)n1. The Labute approximate surface area is 117 Å². The van der Waals surface area contributed by atoms with E-state index < -0.39 is 0 Å². The maximum atomic E-state index is 6.21. The van der Waals surface area contributed by atoms with Crippen LogP contribution in [0.3, 0.4) is 0 Å². The van der Waals surface area contributed by atoms with E-state index in [-0.39, 0.29) is 0 Å². The first kappa shape index (κ1) is 13.3. The quantitative estimate of drug-likeness (QED) is 0.761. The molecule has 0 bridgehead atoms. The molecular formula is C14H14Cl2N2. The Morgan fingerprint density at radius 1 is 1.00 bits per heavy atom. The van der Waals surface area contributed by atoms with Gasteiger partial charge in [0, 0.05) is 6.42 Å². The molecule has 0 aliphatic heterocycles. The van der Waals surface area contributed by atoms with E-state index >= 15 is 0 Å². The third kappa shape index (κ3) is 2.82. The second-order valence-electron chi connectivity index (χ2n) is 4.21. The molecule has 18 heavy (non-hydrogen) atoms. The largest absolute Gasteiger partial charge is 0.220 e. The lowest BCUT2D eigenvalue weighted by Gasteiger charge is -2.08. The summed E-state index contributed by atoms with van der Waals surface area (Å²) in [6.07, 6.45) is 1.75. The Balaban J connectivity index is 2.48. The van der Waals surface area contributed by atoms with Crippen molar-refractivity contribution < 1.29 is 0 Å². The standard InChI is InChI=1S/C14H14Cl2N2/c1-3-4-11-17-13(15)12(14(16)18-11)10-7-5-9(2)6-8-10/h5-8H,3-4H2,1-2H3. The molecule has 0 amide bonds. The van der Waals surface area contributed by atoms with Crippen molar-refractivity contribution in [3.8, 4) is 11.1 Å². The van der Waals surface area contributed by atoms with Gasteiger partial charge in [0.2, 0.25) is 0 Å². The van der Waals surface area contributed by atoms with Crippen LogP contribution in [0.25, 0.3) is 11.1 Å². The first-order valence-electron chi connectivity index (χ1n) is 5.90. The van der Waals surface area contributed by atoms with E-state index in [1.165, 1.54) is 5.56 Å². The van der Waals surface area contributed by atoms with Crippen LogP contribution in [-0.4, -0.2) is 9.97 Å². The number of halogens is 2. The Kier molecular flexibility index (Phi) is 4.20. The fraction of sp³-hybridized carbons (Fsp3) is 0.286. The zero-order chi connectivity index (χ0) is 13.1. The van der Waals surface area contributed by atoms with Crippen LogP contribution in [0.5, 0.6) is 0 Å². The Morgan fingerprint density at radius 3 is 2.06 bits per heavy atom. The van der Waals surface area contributed by atoms with Gasteiger partial charge in [0.25, 0.3) is 0 Å². The molecule has 2 aromatic rings. The van der Waals surface area contributed by atoms with Crippen molar-refractivity contribution in [1.82, 2.24) is 9.97 Å². The molecule has 4 heteroatoms. The van der Waals surface area contributed by atoms with Crippen LogP contribution in [0, 0.1) is 6.92 Å². The van der Waals surface area contributed by atoms with Crippen molar-refractivity contribution in [2.24, 2.45) is 0 Å². The normalized spacial score (nSPS) is 10.7. The molecule has 2 rings (SSSR count). The van der Waals surface area contributed by atoms with Gasteiger partial charge in [-0.3, -0.25) is 0 Å². The topological polar surface area (TPSA) is 25.8 Å². The minimum absolute atomic E-state index is 0.419. The lowest BCUT2D eigenvalue weighted by atomic mass is 10.1. The highest BCUT2D eigenvalue weighted by Crippen LogP contribution is 2.32. The lowest BCUT2D eigenvalue weighted by Crippen LogP contribution is -1.98. The van der Waals surface area contributed by atoms with Gasteiger partial charge in [0.15, 0.2) is 0 Å². The van der Waals surface area contributed by atoms with Gasteiger partial charge in [-0.2, -0.15) is 0 Å². The van der Waals surface area contributed by atoms with Crippen LogP contribution in [-0.2, 0) is 6.42 Å². The molecule has 0 aliphatic rings. The molecule has 0 spiro atoms. The Morgan fingerprint density at radius 2 is 1.56 bits per heavy atom. The Hall–Kier alpha value is -1.12. The maximum Gasteiger partial charge on any atom is 0.142 e. The molecule has 1 aromatic heterocycles. The van der Waals surface area contributed by atoms with Crippen molar-refractivity contribution in [2.45, 2.75) is 26.7 Å². The number of nitrogens with zero attached hydrogens (tertiary/aromatic N) is 2. The van der Waals surface area contributed by atoms with Gasteiger partial charge in [-0.15, -0.1) is 0 Å². The maximum absolute atomic E-state index is 6.21. The first-order valence-corrected chi connectivity index (χ1v) is 6.66. The molecule has 0 aliphatic carbocycles. The number of aryl methyl sites for hydroxylation is 2. The van der Waals surface area contributed by atoms with Crippen molar-refractivity contribution in [2.75, 3.05) is 0 Å². The number of rotatable bonds is 3. The highest BCUT2D eigenvalue weighted by Gasteiger charge is 2.13. The van der Waals surface area contributed by atoms with Gasteiger partial charge >= 0.3 is 0 Å². The number of benzene rings is 1. The van der Waals surface area contributed by atoms with E-state index in [1.807, 2.05) is 31.2 Å². The van der Waals surface area contributed by atoms with Crippen LogP contribution >= 0.6 is 23.2 Å². The molecule has 1 aromatic carbocycles. The molecule has 1 heterocycles. The van der Waals surface area contributed by atoms with Crippen molar-refractivity contribution in [1.29, 1.82) is 0 Å². The molecule has 0 saturated carbocycles. The fourth-order valence-corrected chi connectivity index (χ4v) is 2.38. The zero-order valence-corrected chi connectivity index (χ0v) is 11.9. The summed E-state index contributed by atoms with van der Waals surface area (Å²) in [5.41, 5.74) is 2.84. The fourth-order valence-electron chi connectivity index (χ4n) is 1.74. The third-order valence-corrected chi connectivity index (χ3v) is 3.23. The van der Waals surface area contributed by atoms with Crippen LogP contribution in [0.1, 0.15) is 24.7 Å². The number of hydrogen-bond acceptors (Lipinski definition) is 2. The lowest BCUT2D eigenvalue weighted by molar-refractivity contribution is 0.835. The second-order valence-corrected chi connectivity index (χ2v) is 4.93. The molecule has 0 N–H and O–H groups in total. The summed E-state index contributed by atoms with van der Waals surface area (Å²) in [5.74, 6) is 0.698. The molecule has 0 saturated heterocycles. The molecule has 94 valence electrons. The van der Waals surface area contributed by atoms with Crippen LogP contribution in [0.2, 0.25) is 10.3 Å². The highest BCUT2D eigenvalue weighted by molar-refractivity contribution is 6.37. The molecule has 0 unspecified atom stereocenters. The molecule has 0 atom stereocenters. The summed E-state index contributed by atoms with van der Waals surface area (Å²) in [7, 11) is 0. The van der Waals surface area contributed by atoms with Gasteiger partial charge in [-0.05, 0) is 18.9 Å². The van der Waals surface area contributed by atoms with Gasteiger partial charge in [-0.25, -0.2) is 9.97 Å². The van der Waals surface area contributed by atoms with Gasteiger partial charge in [-0.1, -0.05) is 60.0 Å². The minimum atomic E-state index is 0.419. The van der Waals surface area contributed by atoms with Crippen LogP contribution < -0.4 is 0 Å². The minimum Gasteiger partial charge on any atom is -0.220 e. The van der Waals surface area contributed by atoms with Crippen LogP contribution in [0.4, 0.5) is 0 Å². The van der Waals surface area contributed by atoms with E-state index in [2.05, 4.69) is 16.9 Å². The monoisotopic (exact) mass is 280 g/mol. The summed E-state index contributed by atoms with van der Waals surface area (Å²) in [5, 5.41) is 0.838. The van der Waals surface area contributed by atoms with E-state index in [0.29, 0.717) is 21.7 Å². The second kappa shape index (κ2) is 5.68. The van der Waals surface area contributed by atoms with Crippen LogP contribution in [0.15, 0.2) is 24.3 Å². The van der Waals surface area contributed by atoms with E-state index in [4.69, 9.17) is 23.2 Å². The number of aromatic nitrogens is 2. The van der Waals surface area contributed by atoms with Gasteiger partial charge < -0.3 is 0 Å². The average Bonchev–Trinajstić information content (AvgIpc) is 2.31. The third-order valence-electron chi connectivity index (χ3n) is 2.68. The van der Waals surface area contributed by atoms with E-state index in [9.17, 15) is 0 Å². The molecule has 2 nitrogen and oxygen atoms in total. The van der Waals surface area contributed by atoms with Gasteiger partial charge in [0.05, 0.1) is 5.56 Å². The van der Waals surface area contributed by atoms with Gasteiger partial charge in [0.1, 0.15) is 16.1 Å². The summed E-state index contributed by atoms with van der Waals surface area (Å²) < 4.78 is 0. The predicted molar refractivity (Wildman–Crippen MR) is 76.2 cm³/mol. The van der Waals surface area contributed by atoms with E-state index in [1.54, 1.807) is 0 Å². The summed E-state index contributed by atoms with van der Waals surface area (Å²) >= 11 is 12.4. The van der Waals surface area contributed by atoms with E-state index in [0.717, 1.165) is 18.4 Å². The summed E-state index contributed by atoms with van der Waals surface area (Å²) in [4.78, 5) is 8.58. The molecule has 0 radical (unpaired) electrons. The first-order chi connectivity index (χ1) is 8.61. The predicted octanol–water partition coefficient (Wildman–Crippen LogP) is 4.71. The van der Waals surface area contributed by atoms with Crippen molar-refractivity contribution in [3.63, 3.8) is 0 Å². The molecular weight excluding hydrogens is 267 g/mol. The summed E-state index contributed by atoms with van der Waals surface area (Å²) in [6, 6.07) is 7.99. The Bertz CT molecular complexity index is 527. The summed E-state index contributed by atoms with van der Waals surface area (Å²) in [6.45, 7) is 4.10. The zero-order valence-electron chi connectivity index (χ0n) is 10.4. The average molecular weight is 281 g/mol. The smallest absolute Gasteiger partial charge is 0.142 e. The highest BCUT2D eigenvalue weighted by atomic mass is 35.5. The molecule has 0 fully saturated rings.